The summed E-state index contributed by atoms with van der Waals surface area (Å²) in [6.07, 6.45) is -1.64. The Morgan fingerprint density at radius 3 is 2.53 bits per heavy atom. The van der Waals surface area contributed by atoms with Crippen LogP contribution in [0.3, 0.4) is 0 Å². The van der Waals surface area contributed by atoms with Gasteiger partial charge < -0.3 is 9.84 Å². The van der Waals surface area contributed by atoms with Gasteiger partial charge in [-0.3, -0.25) is 0 Å². The lowest BCUT2D eigenvalue weighted by Gasteiger charge is -2.10. The molecule has 0 aliphatic heterocycles. The lowest BCUT2D eigenvalue weighted by atomic mass is 10.1. The smallest absolute Gasteiger partial charge is 0.339 e. The summed E-state index contributed by atoms with van der Waals surface area (Å²) in [5.74, 6) is -3.15. The van der Waals surface area contributed by atoms with Crippen molar-refractivity contribution in [1.82, 2.24) is 0 Å². The molecule has 0 saturated carbocycles. The van der Waals surface area contributed by atoms with Crippen molar-refractivity contribution >= 4 is 21.9 Å². The fraction of sp³-hybridized carbons (Fsp3) is 0.222. The standard InChI is InChI=1S/C9H7BrF2O3/c1-15-9(14)8(13)4-2-6(11)7(12)3-5(4)10/h2-3,8,13H,1H3. The van der Waals surface area contributed by atoms with Gasteiger partial charge in [-0.25, -0.2) is 13.6 Å². The Morgan fingerprint density at radius 1 is 1.47 bits per heavy atom. The Balaban J connectivity index is 3.14. The second kappa shape index (κ2) is 4.67. The molecular weight excluding hydrogens is 274 g/mol. The zero-order valence-electron chi connectivity index (χ0n) is 7.63. The first kappa shape index (κ1) is 12.1. The zero-order chi connectivity index (χ0) is 11.6. The molecule has 0 amide bonds. The van der Waals surface area contributed by atoms with Gasteiger partial charge in [0.05, 0.1) is 7.11 Å². The fourth-order valence-electron chi connectivity index (χ4n) is 0.986. The number of hydrogen-bond acceptors (Lipinski definition) is 3. The Morgan fingerprint density at radius 2 is 2.00 bits per heavy atom. The third-order valence-corrected chi connectivity index (χ3v) is 2.45. The van der Waals surface area contributed by atoms with Crippen molar-refractivity contribution in [3.8, 4) is 0 Å². The van der Waals surface area contributed by atoms with E-state index in [0.29, 0.717) is 0 Å². The molecule has 1 unspecified atom stereocenters. The molecule has 0 aliphatic carbocycles. The van der Waals surface area contributed by atoms with Crippen molar-refractivity contribution in [2.75, 3.05) is 7.11 Å². The van der Waals surface area contributed by atoms with Gasteiger partial charge in [0.25, 0.3) is 0 Å². The van der Waals surface area contributed by atoms with Gasteiger partial charge in [-0.1, -0.05) is 15.9 Å². The molecular formula is C9H7BrF2O3. The second-order valence-corrected chi connectivity index (χ2v) is 3.57. The SMILES string of the molecule is COC(=O)C(O)c1cc(F)c(F)cc1Br. The fourth-order valence-corrected chi connectivity index (χ4v) is 1.52. The molecule has 1 aromatic carbocycles. The number of hydrogen-bond donors (Lipinski definition) is 1. The number of ether oxygens (including phenoxy) is 1. The molecule has 0 bridgehead atoms. The second-order valence-electron chi connectivity index (χ2n) is 2.71. The van der Waals surface area contributed by atoms with Crippen LogP contribution in [0.4, 0.5) is 8.78 Å². The van der Waals surface area contributed by atoms with Crippen LogP contribution in [-0.2, 0) is 9.53 Å². The average molecular weight is 281 g/mol. The summed E-state index contributed by atoms with van der Waals surface area (Å²) in [4.78, 5) is 11.0. The van der Waals surface area contributed by atoms with Crippen LogP contribution in [0.1, 0.15) is 11.7 Å². The third-order valence-electron chi connectivity index (χ3n) is 1.76. The first-order chi connectivity index (χ1) is 6.97. The van der Waals surface area contributed by atoms with Gasteiger partial charge in [0.1, 0.15) is 0 Å². The summed E-state index contributed by atoms with van der Waals surface area (Å²) in [5, 5.41) is 9.39. The average Bonchev–Trinajstić information content (AvgIpc) is 2.21. The number of carbonyl (C=O) groups is 1. The minimum atomic E-state index is -1.64. The Hall–Kier alpha value is -1.01. The number of aliphatic hydroxyl groups is 1. The monoisotopic (exact) mass is 280 g/mol. The normalized spacial score (nSPS) is 12.3. The van der Waals surface area contributed by atoms with Gasteiger partial charge in [0, 0.05) is 10.0 Å². The highest BCUT2D eigenvalue weighted by Gasteiger charge is 2.22. The van der Waals surface area contributed by atoms with E-state index in [1.165, 1.54) is 0 Å². The summed E-state index contributed by atoms with van der Waals surface area (Å²) in [6.45, 7) is 0. The van der Waals surface area contributed by atoms with E-state index in [-0.39, 0.29) is 10.0 Å². The molecule has 0 heterocycles. The largest absolute Gasteiger partial charge is 0.467 e. The molecule has 3 nitrogen and oxygen atoms in total. The highest BCUT2D eigenvalue weighted by Crippen LogP contribution is 2.26. The van der Waals surface area contributed by atoms with E-state index in [2.05, 4.69) is 20.7 Å². The van der Waals surface area contributed by atoms with Crippen molar-refractivity contribution in [2.24, 2.45) is 0 Å². The summed E-state index contributed by atoms with van der Waals surface area (Å²) in [7, 11) is 1.08. The van der Waals surface area contributed by atoms with E-state index in [0.717, 1.165) is 19.2 Å². The molecule has 0 radical (unpaired) electrons. The minimum Gasteiger partial charge on any atom is -0.467 e. The highest BCUT2D eigenvalue weighted by atomic mass is 79.9. The Kier molecular flexibility index (Phi) is 3.76. The molecule has 1 N–H and O–H groups in total. The van der Waals surface area contributed by atoms with E-state index >= 15 is 0 Å². The summed E-state index contributed by atoms with van der Waals surface area (Å²) in [6, 6.07) is 1.57. The van der Waals surface area contributed by atoms with Crippen molar-refractivity contribution < 1.29 is 23.4 Å². The van der Waals surface area contributed by atoms with Crippen LogP contribution >= 0.6 is 15.9 Å². The number of esters is 1. The lowest BCUT2D eigenvalue weighted by molar-refractivity contribution is -0.150. The number of carbonyl (C=O) groups excluding carboxylic acids is 1. The van der Waals surface area contributed by atoms with E-state index in [4.69, 9.17) is 0 Å². The van der Waals surface area contributed by atoms with Crippen molar-refractivity contribution in [3.05, 3.63) is 33.8 Å². The maximum Gasteiger partial charge on any atom is 0.339 e. The van der Waals surface area contributed by atoms with Crippen molar-refractivity contribution in [1.29, 1.82) is 0 Å². The van der Waals surface area contributed by atoms with Crippen LogP contribution in [0, 0.1) is 11.6 Å². The van der Waals surface area contributed by atoms with Crippen molar-refractivity contribution in [2.45, 2.75) is 6.10 Å². The zero-order valence-corrected chi connectivity index (χ0v) is 9.22. The topological polar surface area (TPSA) is 46.5 Å². The number of halogens is 3. The molecule has 0 fully saturated rings. The molecule has 6 heteroatoms. The molecule has 15 heavy (non-hydrogen) atoms. The van der Waals surface area contributed by atoms with Gasteiger partial charge in [0.2, 0.25) is 0 Å². The van der Waals surface area contributed by atoms with Crippen LogP contribution in [0.25, 0.3) is 0 Å². The van der Waals surface area contributed by atoms with Crippen LogP contribution < -0.4 is 0 Å². The van der Waals surface area contributed by atoms with Crippen LogP contribution in [-0.4, -0.2) is 18.2 Å². The Bertz CT molecular complexity index is 395. The molecule has 0 aromatic heterocycles. The predicted molar refractivity (Wildman–Crippen MR) is 51.0 cm³/mol. The quantitative estimate of drug-likeness (QED) is 0.665. The van der Waals surface area contributed by atoms with Gasteiger partial charge in [-0.15, -0.1) is 0 Å². The minimum absolute atomic E-state index is 0.0826. The van der Waals surface area contributed by atoms with Crippen LogP contribution in [0.15, 0.2) is 16.6 Å². The molecule has 0 saturated heterocycles. The summed E-state index contributed by atoms with van der Waals surface area (Å²) in [5.41, 5.74) is -0.0826. The van der Waals surface area contributed by atoms with E-state index in [9.17, 15) is 18.7 Å². The third kappa shape index (κ3) is 2.51. The first-order valence-corrected chi connectivity index (χ1v) is 4.67. The molecule has 0 aliphatic rings. The number of methoxy groups -OCH3 is 1. The van der Waals surface area contributed by atoms with Gasteiger partial charge in [-0.2, -0.15) is 0 Å². The Labute approximate surface area is 92.8 Å². The summed E-state index contributed by atoms with van der Waals surface area (Å²) >= 11 is 2.90. The van der Waals surface area contributed by atoms with E-state index in [1.807, 2.05) is 0 Å². The maximum absolute atomic E-state index is 12.8. The van der Waals surface area contributed by atoms with Crippen LogP contribution in [0.5, 0.6) is 0 Å². The number of aliphatic hydroxyl groups excluding tert-OH is 1. The van der Waals surface area contributed by atoms with Gasteiger partial charge in [-0.05, 0) is 12.1 Å². The highest BCUT2D eigenvalue weighted by molar-refractivity contribution is 9.10. The first-order valence-electron chi connectivity index (χ1n) is 3.87. The van der Waals surface area contributed by atoms with Crippen LogP contribution in [0.2, 0.25) is 0 Å². The maximum atomic E-state index is 12.8. The summed E-state index contributed by atoms with van der Waals surface area (Å²) < 4.78 is 29.9. The molecule has 1 atom stereocenters. The van der Waals surface area contributed by atoms with E-state index in [1.54, 1.807) is 0 Å². The molecule has 0 spiro atoms. The molecule has 1 aromatic rings. The number of benzene rings is 1. The molecule has 1 rings (SSSR count). The predicted octanol–water partition coefficient (Wildman–Crippen LogP) is 1.93. The van der Waals surface area contributed by atoms with Crippen molar-refractivity contribution in [3.63, 3.8) is 0 Å². The molecule has 82 valence electrons. The number of rotatable bonds is 2. The van der Waals surface area contributed by atoms with E-state index < -0.39 is 23.7 Å². The lowest BCUT2D eigenvalue weighted by Crippen LogP contribution is -2.14. The van der Waals surface area contributed by atoms with Gasteiger partial charge in [0.15, 0.2) is 17.7 Å². The van der Waals surface area contributed by atoms with Gasteiger partial charge >= 0.3 is 5.97 Å².